The Balaban J connectivity index is 2.76. The van der Waals surface area contributed by atoms with Crippen molar-refractivity contribution in [3.63, 3.8) is 0 Å². The Labute approximate surface area is 161 Å². The smallest absolute Gasteiger partial charge is 0.338 e. The molecule has 0 aromatic heterocycles. The van der Waals surface area contributed by atoms with Crippen LogP contribution in [0, 0.1) is 0 Å². The number of hydrogen-bond acceptors (Lipinski definition) is 6. The van der Waals surface area contributed by atoms with E-state index < -0.39 is 6.10 Å². The molecular weight excluding hydrogens is 356 g/mol. The van der Waals surface area contributed by atoms with Gasteiger partial charge in [0, 0.05) is 13.1 Å². The molecule has 0 fully saturated rings. The number of halogens is 1. The third-order valence-electron chi connectivity index (χ3n) is 3.92. The number of hydrogen-bond donors (Lipinski definition) is 2. The molecule has 7 heteroatoms. The maximum Gasteiger partial charge on any atom is 0.338 e. The van der Waals surface area contributed by atoms with Crippen LogP contribution in [-0.2, 0) is 4.74 Å². The van der Waals surface area contributed by atoms with Crippen molar-refractivity contribution in [3.05, 3.63) is 23.8 Å². The van der Waals surface area contributed by atoms with Gasteiger partial charge in [-0.2, -0.15) is 0 Å². The second-order valence-electron chi connectivity index (χ2n) is 5.91. The van der Waals surface area contributed by atoms with Crippen molar-refractivity contribution in [1.82, 2.24) is 4.90 Å². The molecular formula is C19H31ClN2O4. The number of likely N-dealkylation sites (N-methyl/N-ethyl adjacent to an activating group) is 1. The Morgan fingerprint density at radius 3 is 2.62 bits per heavy atom. The maximum absolute atomic E-state index is 12.3. The minimum Gasteiger partial charge on any atom is -0.491 e. The third kappa shape index (κ3) is 7.81. The molecule has 0 aliphatic heterocycles. The van der Waals surface area contributed by atoms with Gasteiger partial charge < -0.3 is 24.8 Å². The predicted molar refractivity (Wildman–Crippen MR) is 106 cm³/mol. The van der Waals surface area contributed by atoms with Gasteiger partial charge in [0.15, 0.2) is 0 Å². The molecule has 0 radical (unpaired) electrons. The van der Waals surface area contributed by atoms with Crippen molar-refractivity contribution >= 4 is 23.3 Å². The van der Waals surface area contributed by atoms with Crippen LogP contribution in [0.2, 0.25) is 0 Å². The van der Waals surface area contributed by atoms with E-state index in [1.807, 2.05) is 6.92 Å². The predicted octanol–water partition coefficient (Wildman–Crippen LogP) is 2.99. The van der Waals surface area contributed by atoms with Crippen molar-refractivity contribution in [3.8, 4) is 5.75 Å². The van der Waals surface area contributed by atoms with Crippen LogP contribution in [0.25, 0.3) is 0 Å². The molecule has 0 heterocycles. The van der Waals surface area contributed by atoms with Gasteiger partial charge in [-0.05, 0) is 37.7 Å². The van der Waals surface area contributed by atoms with E-state index in [1.54, 1.807) is 18.2 Å². The van der Waals surface area contributed by atoms with E-state index in [9.17, 15) is 9.90 Å². The summed E-state index contributed by atoms with van der Waals surface area (Å²) in [5.74, 6) is 0.388. The number of carbonyl (C=O) groups excluding carboxylic acids is 1. The van der Waals surface area contributed by atoms with Crippen LogP contribution in [0.5, 0.6) is 5.75 Å². The average molecular weight is 387 g/mol. The molecule has 1 aromatic rings. The van der Waals surface area contributed by atoms with Crippen LogP contribution in [0.3, 0.4) is 0 Å². The van der Waals surface area contributed by atoms with Gasteiger partial charge >= 0.3 is 5.97 Å². The van der Waals surface area contributed by atoms with E-state index in [0.717, 1.165) is 19.5 Å². The zero-order valence-corrected chi connectivity index (χ0v) is 16.7. The van der Waals surface area contributed by atoms with Crippen LogP contribution in [0.4, 0.5) is 5.69 Å². The fourth-order valence-electron chi connectivity index (χ4n) is 2.31. The van der Waals surface area contributed by atoms with Crippen LogP contribution in [0.15, 0.2) is 18.2 Å². The zero-order chi connectivity index (χ0) is 19.4. The summed E-state index contributed by atoms with van der Waals surface area (Å²) in [6, 6.07) is 5.12. The standard InChI is InChI=1S/C19H31ClN2O4/c1-4-10-25-18-8-7-15(12-17(18)21-14-16(23)13-20)19(24)26-11-9-22(5-2)6-3/h7-8,12,16,21,23H,4-6,9-11,13-14H2,1-3H3. The highest BCUT2D eigenvalue weighted by molar-refractivity contribution is 6.18. The fourth-order valence-corrected chi connectivity index (χ4v) is 2.42. The second kappa shape index (κ2) is 12.8. The summed E-state index contributed by atoms with van der Waals surface area (Å²) in [5.41, 5.74) is 1.08. The number of benzene rings is 1. The number of carbonyl (C=O) groups is 1. The number of anilines is 1. The van der Waals surface area contributed by atoms with Gasteiger partial charge in [-0.1, -0.05) is 20.8 Å². The Morgan fingerprint density at radius 2 is 2.00 bits per heavy atom. The number of alkyl halides is 1. The zero-order valence-electron chi connectivity index (χ0n) is 16.0. The molecule has 26 heavy (non-hydrogen) atoms. The summed E-state index contributed by atoms with van der Waals surface area (Å²) in [6.07, 6.45) is 0.194. The molecule has 0 aliphatic carbocycles. The molecule has 1 atom stereocenters. The molecule has 1 rings (SSSR count). The molecule has 0 saturated carbocycles. The molecule has 2 N–H and O–H groups in total. The van der Waals surface area contributed by atoms with Gasteiger partial charge in [-0.3, -0.25) is 0 Å². The van der Waals surface area contributed by atoms with Gasteiger partial charge in [0.2, 0.25) is 0 Å². The third-order valence-corrected chi connectivity index (χ3v) is 4.27. The van der Waals surface area contributed by atoms with Crippen molar-refractivity contribution in [2.45, 2.75) is 33.3 Å². The molecule has 0 saturated heterocycles. The maximum atomic E-state index is 12.3. The highest BCUT2D eigenvalue weighted by Gasteiger charge is 2.13. The minimum absolute atomic E-state index is 0.130. The molecule has 1 unspecified atom stereocenters. The lowest BCUT2D eigenvalue weighted by atomic mass is 10.2. The summed E-state index contributed by atoms with van der Waals surface area (Å²) in [4.78, 5) is 14.5. The van der Waals surface area contributed by atoms with E-state index >= 15 is 0 Å². The Kier molecular flexibility index (Phi) is 11.1. The molecule has 1 aromatic carbocycles. The summed E-state index contributed by atoms with van der Waals surface area (Å²) in [5, 5.41) is 12.7. The van der Waals surface area contributed by atoms with E-state index in [2.05, 4.69) is 24.1 Å². The number of aliphatic hydroxyl groups excluding tert-OH is 1. The number of rotatable bonds is 13. The van der Waals surface area contributed by atoms with E-state index in [4.69, 9.17) is 21.1 Å². The Hall–Kier alpha value is -1.50. The first kappa shape index (κ1) is 22.5. The van der Waals surface area contributed by atoms with Crippen LogP contribution in [0.1, 0.15) is 37.6 Å². The van der Waals surface area contributed by atoms with E-state index in [0.29, 0.717) is 36.8 Å². The van der Waals surface area contributed by atoms with Crippen LogP contribution >= 0.6 is 11.6 Å². The first-order valence-electron chi connectivity index (χ1n) is 9.19. The summed E-state index contributed by atoms with van der Waals surface area (Å²) in [7, 11) is 0. The molecule has 0 spiro atoms. The Morgan fingerprint density at radius 1 is 1.27 bits per heavy atom. The number of ether oxygens (including phenoxy) is 2. The topological polar surface area (TPSA) is 71.0 Å². The van der Waals surface area contributed by atoms with Crippen molar-refractivity contribution in [2.75, 3.05) is 50.6 Å². The lowest BCUT2D eigenvalue weighted by molar-refractivity contribution is 0.0466. The van der Waals surface area contributed by atoms with Crippen molar-refractivity contribution in [2.24, 2.45) is 0 Å². The number of nitrogens with one attached hydrogen (secondary N) is 1. The minimum atomic E-state index is -0.680. The lowest BCUT2D eigenvalue weighted by Crippen LogP contribution is -2.28. The lowest BCUT2D eigenvalue weighted by Gasteiger charge is -2.18. The highest BCUT2D eigenvalue weighted by Crippen LogP contribution is 2.26. The van der Waals surface area contributed by atoms with Gasteiger partial charge in [0.1, 0.15) is 12.4 Å². The molecule has 0 amide bonds. The highest BCUT2D eigenvalue weighted by atomic mass is 35.5. The first-order valence-corrected chi connectivity index (χ1v) is 9.73. The van der Waals surface area contributed by atoms with Crippen molar-refractivity contribution in [1.29, 1.82) is 0 Å². The Bertz CT molecular complexity index is 538. The van der Waals surface area contributed by atoms with Gasteiger partial charge in [-0.25, -0.2) is 4.79 Å². The molecule has 6 nitrogen and oxygen atoms in total. The second-order valence-corrected chi connectivity index (χ2v) is 6.22. The molecule has 148 valence electrons. The normalized spacial score (nSPS) is 12.1. The monoisotopic (exact) mass is 386 g/mol. The first-order chi connectivity index (χ1) is 12.5. The van der Waals surface area contributed by atoms with Gasteiger partial charge in [0.25, 0.3) is 0 Å². The molecule has 0 bridgehead atoms. The van der Waals surface area contributed by atoms with Crippen molar-refractivity contribution < 1.29 is 19.4 Å². The fraction of sp³-hybridized carbons (Fsp3) is 0.632. The van der Waals surface area contributed by atoms with E-state index in [1.165, 1.54) is 0 Å². The average Bonchev–Trinajstić information content (AvgIpc) is 2.67. The number of aliphatic hydroxyl groups is 1. The number of nitrogens with zero attached hydrogens (tertiary/aromatic N) is 1. The number of esters is 1. The van der Waals surface area contributed by atoms with Gasteiger partial charge in [0.05, 0.1) is 29.8 Å². The van der Waals surface area contributed by atoms with Gasteiger partial charge in [-0.15, -0.1) is 11.6 Å². The quantitative estimate of drug-likeness (QED) is 0.401. The molecule has 0 aliphatic rings. The summed E-state index contributed by atoms with van der Waals surface area (Å²) < 4.78 is 11.1. The van der Waals surface area contributed by atoms with Crippen LogP contribution in [-0.4, -0.2) is 67.4 Å². The van der Waals surface area contributed by atoms with Crippen LogP contribution < -0.4 is 10.1 Å². The summed E-state index contributed by atoms with van der Waals surface area (Å²) >= 11 is 5.63. The van der Waals surface area contributed by atoms with E-state index in [-0.39, 0.29) is 18.4 Å². The largest absolute Gasteiger partial charge is 0.491 e. The summed E-state index contributed by atoms with van der Waals surface area (Å²) in [6.45, 7) is 9.93. The SMILES string of the molecule is CCCOc1ccc(C(=O)OCCN(CC)CC)cc1NCC(O)CCl.